The topological polar surface area (TPSA) is 12.0 Å². The van der Waals surface area contributed by atoms with E-state index < -0.39 is 0 Å². The van der Waals surface area contributed by atoms with Crippen LogP contribution in [-0.2, 0) is 6.42 Å². The molecular weight excluding hydrogens is 146 g/mol. The van der Waals surface area contributed by atoms with Gasteiger partial charge in [0, 0.05) is 12.2 Å². The van der Waals surface area contributed by atoms with Crippen LogP contribution in [0.3, 0.4) is 0 Å². The fraction of sp³-hybridized carbons (Fsp3) is 0.455. The number of rotatable bonds is 1. The predicted octanol–water partition coefficient (Wildman–Crippen LogP) is 2.78. The van der Waals surface area contributed by atoms with Crippen molar-refractivity contribution in [2.45, 2.75) is 26.2 Å². The summed E-state index contributed by atoms with van der Waals surface area (Å²) in [5.41, 5.74) is 3.82. The van der Waals surface area contributed by atoms with Crippen LogP contribution < -0.4 is 5.32 Å². The number of benzene rings is 1. The van der Waals surface area contributed by atoms with E-state index in [0.717, 1.165) is 18.7 Å². The van der Waals surface area contributed by atoms with Crippen molar-refractivity contribution in [3.8, 4) is 0 Å². The minimum absolute atomic E-state index is 0.564. The molecule has 0 fully saturated rings. The van der Waals surface area contributed by atoms with Crippen molar-refractivity contribution in [3.63, 3.8) is 0 Å². The second kappa shape index (κ2) is 2.81. The van der Waals surface area contributed by atoms with Crippen LogP contribution in [0.15, 0.2) is 18.2 Å². The third-order valence-electron chi connectivity index (χ3n) is 2.44. The monoisotopic (exact) mass is 163 g/mol. The summed E-state index contributed by atoms with van der Waals surface area (Å²) in [6.45, 7) is 5.40. The number of hydrogen-bond acceptors (Lipinski definition) is 1. The molecule has 1 aliphatic rings. The SMILES string of the molecule is [3H]c1ccc(C(C)C)c2c1NCC2. The lowest BCUT2D eigenvalue weighted by molar-refractivity contribution is 0.849. The Morgan fingerprint density at radius 3 is 3.17 bits per heavy atom. The van der Waals surface area contributed by atoms with Crippen LogP contribution in [0.5, 0.6) is 0 Å². The number of nitrogens with one attached hydrogen (secondary N) is 1. The molecule has 1 aromatic carbocycles. The zero-order chi connectivity index (χ0) is 9.42. The van der Waals surface area contributed by atoms with Gasteiger partial charge in [0.15, 0.2) is 0 Å². The van der Waals surface area contributed by atoms with E-state index in [1.165, 1.54) is 11.1 Å². The molecular formula is C11H15N. The van der Waals surface area contributed by atoms with Crippen molar-refractivity contribution in [1.29, 1.82) is 0 Å². The quantitative estimate of drug-likeness (QED) is 0.671. The van der Waals surface area contributed by atoms with Crippen molar-refractivity contribution in [2.75, 3.05) is 11.9 Å². The Bertz CT molecular complexity index is 331. The Balaban J connectivity index is 2.56. The van der Waals surface area contributed by atoms with Gasteiger partial charge in [-0.1, -0.05) is 26.0 Å². The maximum atomic E-state index is 7.73. The summed E-state index contributed by atoms with van der Waals surface area (Å²) in [6.07, 6.45) is 1.08. The third kappa shape index (κ3) is 1.09. The molecule has 1 N–H and O–H groups in total. The normalized spacial score (nSPS) is 15.8. The Morgan fingerprint density at radius 2 is 2.42 bits per heavy atom. The molecule has 0 bridgehead atoms. The summed E-state index contributed by atoms with van der Waals surface area (Å²) in [5, 5.41) is 3.28. The van der Waals surface area contributed by atoms with Crippen molar-refractivity contribution in [3.05, 3.63) is 29.3 Å². The van der Waals surface area contributed by atoms with E-state index >= 15 is 0 Å². The maximum Gasteiger partial charge on any atom is 0.0645 e. The van der Waals surface area contributed by atoms with Gasteiger partial charge in [0.1, 0.15) is 0 Å². The Morgan fingerprint density at radius 1 is 1.58 bits per heavy atom. The summed E-state index contributed by atoms with van der Waals surface area (Å²) in [5.74, 6) is 0.564. The van der Waals surface area contributed by atoms with E-state index in [4.69, 9.17) is 1.37 Å². The minimum Gasteiger partial charge on any atom is -0.384 e. The first kappa shape index (κ1) is 6.53. The van der Waals surface area contributed by atoms with Crippen LogP contribution in [0, 0.1) is 0 Å². The van der Waals surface area contributed by atoms with Gasteiger partial charge in [0.05, 0.1) is 1.37 Å². The summed E-state index contributed by atoms with van der Waals surface area (Å²) < 4.78 is 7.73. The lowest BCUT2D eigenvalue weighted by Gasteiger charge is -2.10. The standard InChI is InChI=1S/C11H15N/c1-8(2)9-4-3-5-11-10(9)6-7-12-11/h3-5,8,12H,6-7H2,1-2H3/i5T. The van der Waals surface area contributed by atoms with E-state index in [1.54, 1.807) is 0 Å². The van der Waals surface area contributed by atoms with Gasteiger partial charge in [-0.15, -0.1) is 0 Å². The van der Waals surface area contributed by atoms with Gasteiger partial charge in [0.25, 0.3) is 0 Å². The molecule has 1 aromatic rings. The van der Waals surface area contributed by atoms with Gasteiger partial charge in [0.2, 0.25) is 0 Å². The van der Waals surface area contributed by atoms with E-state index in [1.807, 2.05) is 6.07 Å². The average molecular weight is 163 g/mol. The molecule has 2 rings (SSSR count). The maximum absolute atomic E-state index is 7.73. The van der Waals surface area contributed by atoms with Gasteiger partial charge in [-0.05, 0) is 29.5 Å². The molecule has 64 valence electrons. The van der Waals surface area contributed by atoms with Gasteiger partial charge >= 0.3 is 0 Å². The largest absolute Gasteiger partial charge is 0.384 e. The predicted molar refractivity (Wildman–Crippen MR) is 52.7 cm³/mol. The molecule has 0 aromatic heterocycles. The van der Waals surface area contributed by atoms with Gasteiger partial charge in [-0.2, -0.15) is 0 Å². The Hall–Kier alpha value is -0.980. The van der Waals surface area contributed by atoms with Crippen molar-refractivity contribution >= 4 is 5.69 Å². The van der Waals surface area contributed by atoms with Crippen LogP contribution >= 0.6 is 0 Å². The zero-order valence-electron chi connectivity index (χ0n) is 8.65. The highest BCUT2D eigenvalue weighted by molar-refractivity contribution is 5.59. The summed E-state index contributed by atoms with van der Waals surface area (Å²) in [7, 11) is 0. The number of fused-ring (bicyclic) bond motifs is 1. The van der Waals surface area contributed by atoms with Crippen LogP contribution in [0.25, 0.3) is 0 Å². The highest BCUT2D eigenvalue weighted by Crippen LogP contribution is 2.29. The first-order valence-electron chi connectivity index (χ1n) is 5.06. The molecule has 0 unspecified atom stereocenters. The molecule has 1 nitrogen and oxygen atoms in total. The Kier molecular flexibility index (Phi) is 1.53. The minimum atomic E-state index is 0.564. The fourth-order valence-corrected chi connectivity index (χ4v) is 1.83. The summed E-state index contributed by atoms with van der Waals surface area (Å²) in [4.78, 5) is 0. The molecule has 12 heavy (non-hydrogen) atoms. The summed E-state index contributed by atoms with van der Waals surface area (Å²) >= 11 is 0. The molecule has 1 heterocycles. The zero-order valence-corrected chi connectivity index (χ0v) is 7.65. The van der Waals surface area contributed by atoms with E-state index in [9.17, 15) is 0 Å². The molecule has 0 saturated carbocycles. The van der Waals surface area contributed by atoms with Crippen LogP contribution in [0.1, 0.15) is 32.3 Å². The molecule has 0 atom stereocenters. The van der Waals surface area contributed by atoms with E-state index in [2.05, 4.69) is 25.2 Å². The van der Waals surface area contributed by atoms with E-state index in [-0.39, 0.29) is 0 Å². The highest BCUT2D eigenvalue weighted by Gasteiger charge is 2.14. The number of anilines is 1. The highest BCUT2D eigenvalue weighted by atomic mass is 14.9. The van der Waals surface area contributed by atoms with Crippen molar-refractivity contribution in [2.24, 2.45) is 0 Å². The number of hydrogen-bond donors (Lipinski definition) is 1. The van der Waals surface area contributed by atoms with Gasteiger partial charge in [-0.25, -0.2) is 0 Å². The molecule has 0 radical (unpaired) electrons. The van der Waals surface area contributed by atoms with Gasteiger partial charge in [-0.3, -0.25) is 0 Å². The Labute approximate surface area is 75.2 Å². The third-order valence-corrected chi connectivity index (χ3v) is 2.44. The molecule has 0 amide bonds. The van der Waals surface area contributed by atoms with Crippen LogP contribution in [0.4, 0.5) is 5.69 Å². The lowest BCUT2D eigenvalue weighted by Crippen LogP contribution is -1.93. The van der Waals surface area contributed by atoms with Crippen molar-refractivity contribution < 1.29 is 1.37 Å². The second-order valence-electron chi connectivity index (χ2n) is 3.62. The first-order chi connectivity index (χ1) is 6.20. The van der Waals surface area contributed by atoms with Crippen molar-refractivity contribution in [1.82, 2.24) is 0 Å². The lowest BCUT2D eigenvalue weighted by atomic mass is 9.96. The molecule has 0 aliphatic carbocycles. The van der Waals surface area contributed by atoms with Crippen LogP contribution in [0.2, 0.25) is 0 Å². The average Bonchev–Trinajstić information content (AvgIpc) is 2.53. The second-order valence-corrected chi connectivity index (χ2v) is 3.62. The fourth-order valence-electron chi connectivity index (χ4n) is 1.83. The molecule has 1 aliphatic heterocycles. The van der Waals surface area contributed by atoms with E-state index in [0.29, 0.717) is 12.0 Å². The summed E-state index contributed by atoms with van der Waals surface area (Å²) in [6, 6.07) is 4.63. The molecule has 1 heteroatoms. The van der Waals surface area contributed by atoms with Crippen LogP contribution in [-0.4, -0.2) is 6.54 Å². The van der Waals surface area contributed by atoms with Gasteiger partial charge < -0.3 is 5.32 Å². The smallest absolute Gasteiger partial charge is 0.0645 e. The first-order valence-corrected chi connectivity index (χ1v) is 4.56. The molecule has 0 spiro atoms. The molecule has 0 saturated heterocycles.